The summed E-state index contributed by atoms with van der Waals surface area (Å²) in [5.41, 5.74) is 0. The van der Waals surface area contributed by atoms with E-state index in [4.69, 9.17) is 9.47 Å². The number of nitrogens with one attached hydrogen (secondary N) is 1. The van der Waals surface area contributed by atoms with Crippen LogP contribution in [0.25, 0.3) is 0 Å². The van der Waals surface area contributed by atoms with Crippen molar-refractivity contribution in [1.29, 1.82) is 0 Å². The van der Waals surface area contributed by atoms with E-state index < -0.39 is 0 Å². The lowest BCUT2D eigenvalue weighted by molar-refractivity contribution is 0.0632. The molecular formula is C12H23NO2. The van der Waals surface area contributed by atoms with Crippen LogP contribution in [-0.2, 0) is 9.47 Å². The highest BCUT2D eigenvalue weighted by Crippen LogP contribution is 2.32. The van der Waals surface area contributed by atoms with Crippen molar-refractivity contribution in [2.75, 3.05) is 33.5 Å². The summed E-state index contributed by atoms with van der Waals surface area (Å²) in [5.74, 6) is 1.70. The third-order valence-electron chi connectivity index (χ3n) is 3.55. The molecular weight excluding hydrogens is 190 g/mol. The van der Waals surface area contributed by atoms with Crippen molar-refractivity contribution in [3.05, 3.63) is 0 Å². The highest BCUT2D eigenvalue weighted by atomic mass is 16.5. The molecule has 1 atom stereocenters. The maximum Gasteiger partial charge on any atom is 0.0618 e. The smallest absolute Gasteiger partial charge is 0.0618 e. The van der Waals surface area contributed by atoms with Gasteiger partial charge in [-0.1, -0.05) is 0 Å². The molecule has 88 valence electrons. The summed E-state index contributed by atoms with van der Waals surface area (Å²) in [4.78, 5) is 0. The van der Waals surface area contributed by atoms with Crippen LogP contribution in [0.15, 0.2) is 0 Å². The third kappa shape index (κ3) is 3.74. The van der Waals surface area contributed by atoms with Crippen molar-refractivity contribution in [3.8, 4) is 0 Å². The molecule has 0 radical (unpaired) electrons. The van der Waals surface area contributed by atoms with Crippen molar-refractivity contribution >= 4 is 0 Å². The molecule has 0 aromatic heterocycles. The van der Waals surface area contributed by atoms with E-state index in [1.807, 2.05) is 0 Å². The molecule has 0 aromatic carbocycles. The lowest BCUT2D eigenvalue weighted by Crippen LogP contribution is -2.39. The summed E-state index contributed by atoms with van der Waals surface area (Å²) >= 11 is 0. The SMILES string of the molecule is COCC(NCC1CCOCC1)C1CC1. The highest BCUT2D eigenvalue weighted by Gasteiger charge is 2.31. The van der Waals surface area contributed by atoms with Gasteiger partial charge in [0.2, 0.25) is 0 Å². The fourth-order valence-electron chi connectivity index (χ4n) is 2.31. The van der Waals surface area contributed by atoms with Gasteiger partial charge in [0.1, 0.15) is 0 Å². The monoisotopic (exact) mass is 213 g/mol. The van der Waals surface area contributed by atoms with Crippen LogP contribution in [0.2, 0.25) is 0 Å². The highest BCUT2D eigenvalue weighted by molar-refractivity contribution is 4.86. The van der Waals surface area contributed by atoms with Crippen LogP contribution in [0.3, 0.4) is 0 Å². The van der Waals surface area contributed by atoms with E-state index >= 15 is 0 Å². The predicted molar refractivity (Wildman–Crippen MR) is 59.9 cm³/mol. The van der Waals surface area contributed by atoms with Gasteiger partial charge in [0.05, 0.1) is 6.61 Å². The predicted octanol–water partition coefficient (Wildman–Crippen LogP) is 1.43. The summed E-state index contributed by atoms with van der Waals surface area (Å²) in [5, 5.41) is 3.67. The van der Waals surface area contributed by atoms with Gasteiger partial charge in [0, 0.05) is 26.4 Å². The van der Waals surface area contributed by atoms with E-state index in [1.165, 1.54) is 25.7 Å². The number of hydrogen-bond donors (Lipinski definition) is 1. The first kappa shape index (κ1) is 11.4. The minimum Gasteiger partial charge on any atom is -0.383 e. The van der Waals surface area contributed by atoms with Gasteiger partial charge < -0.3 is 14.8 Å². The second kappa shape index (κ2) is 5.83. The van der Waals surface area contributed by atoms with Crippen LogP contribution < -0.4 is 5.32 Å². The van der Waals surface area contributed by atoms with Crippen LogP contribution in [0, 0.1) is 11.8 Å². The summed E-state index contributed by atoms with van der Waals surface area (Å²) in [7, 11) is 1.80. The second-order valence-corrected chi connectivity index (χ2v) is 4.86. The van der Waals surface area contributed by atoms with Gasteiger partial charge in [-0.15, -0.1) is 0 Å². The van der Waals surface area contributed by atoms with E-state index in [1.54, 1.807) is 7.11 Å². The molecule has 1 aliphatic carbocycles. The largest absolute Gasteiger partial charge is 0.383 e. The molecule has 0 amide bonds. The maximum absolute atomic E-state index is 5.36. The molecule has 0 aromatic rings. The standard InChI is InChI=1S/C12H23NO2/c1-14-9-12(11-2-3-11)13-8-10-4-6-15-7-5-10/h10-13H,2-9H2,1H3. The first-order chi connectivity index (χ1) is 7.40. The average molecular weight is 213 g/mol. The summed E-state index contributed by atoms with van der Waals surface area (Å²) in [6, 6.07) is 0.595. The van der Waals surface area contributed by atoms with Crippen LogP contribution in [-0.4, -0.2) is 39.5 Å². The number of ether oxygens (including phenoxy) is 2. The minimum absolute atomic E-state index is 0.595. The molecule has 0 spiro atoms. The van der Waals surface area contributed by atoms with E-state index in [-0.39, 0.29) is 0 Å². The first-order valence-electron chi connectivity index (χ1n) is 6.20. The Morgan fingerprint density at radius 1 is 1.27 bits per heavy atom. The normalized spacial score (nSPS) is 25.4. The molecule has 2 fully saturated rings. The van der Waals surface area contributed by atoms with Gasteiger partial charge >= 0.3 is 0 Å². The van der Waals surface area contributed by atoms with E-state index in [9.17, 15) is 0 Å². The van der Waals surface area contributed by atoms with Gasteiger partial charge in [0.15, 0.2) is 0 Å². The molecule has 1 saturated heterocycles. The Labute approximate surface area is 92.5 Å². The van der Waals surface area contributed by atoms with Crippen molar-refractivity contribution in [3.63, 3.8) is 0 Å². The molecule has 15 heavy (non-hydrogen) atoms. The Kier molecular flexibility index (Phi) is 4.42. The molecule has 1 N–H and O–H groups in total. The van der Waals surface area contributed by atoms with E-state index in [0.717, 1.165) is 38.2 Å². The van der Waals surface area contributed by atoms with E-state index in [0.29, 0.717) is 6.04 Å². The topological polar surface area (TPSA) is 30.5 Å². The Hall–Kier alpha value is -0.120. The van der Waals surface area contributed by atoms with Crippen molar-refractivity contribution in [2.24, 2.45) is 11.8 Å². The van der Waals surface area contributed by atoms with E-state index in [2.05, 4.69) is 5.32 Å². The van der Waals surface area contributed by atoms with Crippen LogP contribution in [0.5, 0.6) is 0 Å². The fraction of sp³-hybridized carbons (Fsp3) is 1.00. The van der Waals surface area contributed by atoms with Crippen LogP contribution in [0.4, 0.5) is 0 Å². The molecule has 3 heteroatoms. The lowest BCUT2D eigenvalue weighted by Gasteiger charge is -2.25. The zero-order valence-corrected chi connectivity index (χ0v) is 9.71. The van der Waals surface area contributed by atoms with Crippen LogP contribution in [0.1, 0.15) is 25.7 Å². The fourth-order valence-corrected chi connectivity index (χ4v) is 2.31. The molecule has 1 aliphatic heterocycles. The Bertz CT molecular complexity index is 176. The molecule has 2 aliphatic rings. The average Bonchev–Trinajstić information content (AvgIpc) is 3.09. The molecule has 1 saturated carbocycles. The first-order valence-corrected chi connectivity index (χ1v) is 6.20. The van der Waals surface area contributed by atoms with Crippen molar-refractivity contribution in [1.82, 2.24) is 5.32 Å². The van der Waals surface area contributed by atoms with Crippen molar-refractivity contribution < 1.29 is 9.47 Å². The second-order valence-electron chi connectivity index (χ2n) is 4.86. The zero-order valence-electron chi connectivity index (χ0n) is 9.71. The Morgan fingerprint density at radius 3 is 2.60 bits per heavy atom. The van der Waals surface area contributed by atoms with Gasteiger partial charge in [-0.05, 0) is 44.1 Å². The molecule has 1 unspecified atom stereocenters. The number of methoxy groups -OCH3 is 1. The van der Waals surface area contributed by atoms with Gasteiger partial charge in [-0.25, -0.2) is 0 Å². The maximum atomic E-state index is 5.36. The molecule has 2 rings (SSSR count). The third-order valence-corrected chi connectivity index (χ3v) is 3.55. The van der Waals surface area contributed by atoms with Crippen LogP contribution >= 0.6 is 0 Å². The summed E-state index contributed by atoms with van der Waals surface area (Å²) < 4.78 is 10.6. The Balaban J connectivity index is 1.65. The van der Waals surface area contributed by atoms with Gasteiger partial charge in [-0.2, -0.15) is 0 Å². The summed E-state index contributed by atoms with van der Waals surface area (Å²) in [6.45, 7) is 3.91. The minimum atomic E-state index is 0.595. The quantitative estimate of drug-likeness (QED) is 0.724. The molecule has 0 bridgehead atoms. The lowest BCUT2D eigenvalue weighted by atomic mass is 10.00. The number of hydrogen-bond acceptors (Lipinski definition) is 3. The van der Waals surface area contributed by atoms with Crippen molar-refractivity contribution in [2.45, 2.75) is 31.7 Å². The Morgan fingerprint density at radius 2 is 2.00 bits per heavy atom. The summed E-state index contributed by atoms with van der Waals surface area (Å²) in [6.07, 6.45) is 5.21. The molecule has 3 nitrogen and oxygen atoms in total. The number of rotatable bonds is 6. The van der Waals surface area contributed by atoms with Gasteiger partial charge in [0.25, 0.3) is 0 Å². The van der Waals surface area contributed by atoms with Gasteiger partial charge in [-0.3, -0.25) is 0 Å². The molecule has 1 heterocycles. The zero-order chi connectivity index (χ0) is 10.5.